The molecule has 2 aromatic rings. The lowest BCUT2D eigenvalue weighted by Gasteiger charge is -2.28. The molecule has 1 aliphatic heterocycles. The molecule has 0 bridgehead atoms. The number of allylic oxidation sites excluding steroid dienone is 2. The van der Waals surface area contributed by atoms with Crippen molar-refractivity contribution in [2.75, 3.05) is 5.32 Å². The monoisotopic (exact) mass is 433 g/mol. The topological polar surface area (TPSA) is 88.1 Å². The van der Waals surface area contributed by atoms with Crippen LogP contribution in [0.1, 0.15) is 18.4 Å². The molecular formula is C20H14Cl3N3O2. The van der Waals surface area contributed by atoms with Gasteiger partial charge in [-0.3, -0.25) is 4.79 Å². The molecule has 8 heteroatoms. The highest BCUT2D eigenvalue weighted by atomic mass is 35.5. The lowest BCUT2D eigenvalue weighted by atomic mass is 9.82. The third kappa shape index (κ3) is 3.81. The minimum absolute atomic E-state index is 0.0573. The molecule has 0 aliphatic carbocycles. The number of nitrogens with two attached hydrogens (primary N) is 1. The fraction of sp³-hybridized carbons (Fsp3) is 0.100. The number of carbonyl (C=O) groups excluding carboxylic acids is 1. The quantitative estimate of drug-likeness (QED) is 0.680. The van der Waals surface area contributed by atoms with Gasteiger partial charge in [-0.25, -0.2) is 0 Å². The smallest absolute Gasteiger partial charge is 0.255 e. The molecule has 5 nitrogen and oxygen atoms in total. The van der Waals surface area contributed by atoms with Crippen molar-refractivity contribution in [3.63, 3.8) is 0 Å². The van der Waals surface area contributed by atoms with Crippen LogP contribution in [0.15, 0.2) is 65.3 Å². The van der Waals surface area contributed by atoms with E-state index in [0.717, 1.165) is 0 Å². The Morgan fingerprint density at radius 2 is 1.75 bits per heavy atom. The van der Waals surface area contributed by atoms with Crippen molar-refractivity contribution in [3.8, 4) is 6.07 Å². The van der Waals surface area contributed by atoms with Crippen LogP contribution in [-0.2, 0) is 9.53 Å². The maximum absolute atomic E-state index is 13.1. The summed E-state index contributed by atoms with van der Waals surface area (Å²) in [5.74, 6) is -1.18. The molecule has 1 heterocycles. The molecule has 2 aromatic carbocycles. The van der Waals surface area contributed by atoms with Gasteiger partial charge in [-0.05, 0) is 43.3 Å². The highest BCUT2D eigenvalue weighted by Crippen LogP contribution is 2.44. The summed E-state index contributed by atoms with van der Waals surface area (Å²) in [6, 6.07) is 13.6. The van der Waals surface area contributed by atoms with Gasteiger partial charge in [0.25, 0.3) is 5.91 Å². The van der Waals surface area contributed by atoms with Gasteiger partial charge in [0, 0.05) is 26.3 Å². The molecule has 1 atom stereocenters. The first kappa shape index (κ1) is 20.1. The van der Waals surface area contributed by atoms with Crippen molar-refractivity contribution >= 4 is 46.4 Å². The fourth-order valence-corrected chi connectivity index (χ4v) is 3.72. The zero-order chi connectivity index (χ0) is 20.4. The minimum atomic E-state index is -0.868. The molecule has 3 rings (SSSR count). The Morgan fingerprint density at radius 1 is 1.14 bits per heavy atom. The van der Waals surface area contributed by atoms with Crippen molar-refractivity contribution in [1.82, 2.24) is 0 Å². The fourth-order valence-electron chi connectivity index (χ4n) is 2.98. The molecule has 0 saturated carbocycles. The number of carbonyl (C=O) groups is 1. The molecule has 0 radical (unpaired) electrons. The molecule has 1 amide bonds. The first-order valence-electron chi connectivity index (χ1n) is 8.12. The Bertz CT molecular complexity index is 1030. The molecule has 0 aromatic heterocycles. The predicted octanol–water partition coefficient (Wildman–Crippen LogP) is 5.37. The standard InChI is InChI=1S/C20H14Cl3N3O2/c1-10-16(20(27)26-12-7-5-11(21)6-8-12)17(13(9-24)19(25)28-10)18-14(22)3-2-4-15(18)23/h2-8,17H,25H2,1H3,(H,26,27)/t17-/m0/s1. The van der Waals surface area contributed by atoms with Gasteiger partial charge in [-0.2, -0.15) is 5.26 Å². The van der Waals surface area contributed by atoms with E-state index in [1.165, 1.54) is 0 Å². The number of hydrogen-bond acceptors (Lipinski definition) is 4. The normalized spacial score (nSPS) is 16.5. The van der Waals surface area contributed by atoms with Gasteiger partial charge in [0.15, 0.2) is 0 Å². The highest BCUT2D eigenvalue weighted by Gasteiger charge is 2.37. The second-order valence-electron chi connectivity index (χ2n) is 5.99. The van der Waals surface area contributed by atoms with Crippen LogP contribution in [0.2, 0.25) is 15.1 Å². The van der Waals surface area contributed by atoms with Crippen LogP contribution >= 0.6 is 34.8 Å². The average Bonchev–Trinajstić information content (AvgIpc) is 2.63. The van der Waals surface area contributed by atoms with Crippen LogP contribution in [0.4, 0.5) is 5.69 Å². The number of hydrogen-bond donors (Lipinski definition) is 2. The maximum Gasteiger partial charge on any atom is 0.255 e. The van der Waals surface area contributed by atoms with E-state index in [1.54, 1.807) is 49.4 Å². The number of ether oxygens (including phenoxy) is 1. The third-order valence-electron chi connectivity index (χ3n) is 4.24. The van der Waals surface area contributed by atoms with E-state index in [1.807, 2.05) is 6.07 Å². The molecule has 0 unspecified atom stereocenters. The first-order chi connectivity index (χ1) is 13.3. The Labute approximate surface area is 176 Å². The van der Waals surface area contributed by atoms with Crippen molar-refractivity contribution in [3.05, 3.63) is 85.9 Å². The highest BCUT2D eigenvalue weighted by molar-refractivity contribution is 6.36. The van der Waals surface area contributed by atoms with Crippen LogP contribution < -0.4 is 11.1 Å². The van der Waals surface area contributed by atoms with E-state index in [-0.39, 0.29) is 22.8 Å². The van der Waals surface area contributed by atoms with Gasteiger partial charge >= 0.3 is 0 Å². The average molecular weight is 435 g/mol. The van der Waals surface area contributed by atoms with E-state index in [2.05, 4.69) is 5.32 Å². The van der Waals surface area contributed by atoms with Gasteiger partial charge in [-0.15, -0.1) is 0 Å². The number of halogens is 3. The van der Waals surface area contributed by atoms with Crippen LogP contribution in [0, 0.1) is 11.3 Å². The number of nitrogens with zero attached hydrogens (tertiary/aromatic N) is 1. The van der Waals surface area contributed by atoms with Crippen molar-refractivity contribution in [1.29, 1.82) is 5.26 Å². The van der Waals surface area contributed by atoms with Crippen molar-refractivity contribution < 1.29 is 9.53 Å². The van der Waals surface area contributed by atoms with Gasteiger partial charge in [0.2, 0.25) is 5.88 Å². The largest absolute Gasteiger partial charge is 0.445 e. The summed E-state index contributed by atoms with van der Waals surface area (Å²) in [6.07, 6.45) is 0. The second-order valence-corrected chi connectivity index (χ2v) is 7.24. The van der Waals surface area contributed by atoms with Gasteiger partial charge < -0.3 is 15.8 Å². The summed E-state index contributed by atoms with van der Waals surface area (Å²) >= 11 is 18.6. The molecule has 28 heavy (non-hydrogen) atoms. The number of anilines is 1. The first-order valence-corrected chi connectivity index (χ1v) is 9.26. The molecule has 0 spiro atoms. The summed E-state index contributed by atoms with van der Waals surface area (Å²) in [5, 5.41) is 13.6. The van der Waals surface area contributed by atoms with Crippen LogP contribution in [0.3, 0.4) is 0 Å². The van der Waals surface area contributed by atoms with E-state index < -0.39 is 11.8 Å². The van der Waals surface area contributed by atoms with E-state index in [4.69, 9.17) is 45.3 Å². The van der Waals surface area contributed by atoms with Crippen molar-refractivity contribution in [2.24, 2.45) is 5.73 Å². The van der Waals surface area contributed by atoms with Crippen LogP contribution in [0.25, 0.3) is 0 Å². The zero-order valence-electron chi connectivity index (χ0n) is 14.6. The third-order valence-corrected chi connectivity index (χ3v) is 5.15. The van der Waals surface area contributed by atoms with Crippen LogP contribution in [-0.4, -0.2) is 5.91 Å². The Morgan fingerprint density at radius 3 is 2.32 bits per heavy atom. The summed E-state index contributed by atoms with van der Waals surface area (Å²) in [5.41, 5.74) is 7.09. The molecular weight excluding hydrogens is 421 g/mol. The summed E-state index contributed by atoms with van der Waals surface area (Å²) in [6.45, 7) is 1.59. The minimum Gasteiger partial charge on any atom is -0.445 e. The molecule has 3 N–H and O–H groups in total. The zero-order valence-corrected chi connectivity index (χ0v) is 16.9. The van der Waals surface area contributed by atoms with E-state index in [9.17, 15) is 10.1 Å². The second kappa shape index (κ2) is 8.15. The maximum atomic E-state index is 13.1. The number of nitrogens with one attached hydrogen (secondary N) is 1. The molecule has 142 valence electrons. The lowest BCUT2D eigenvalue weighted by molar-refractivity contribution is -0.113. The molecule has 0 fully saturated rings. The SMILES string of the molecule is CC1=C(C(=O)Nc2ccc(Cl)cc2)[C@@H](c2c(Cl)cccc2Cl)C(C#N)=C(N)O1. The number of rotatable bonds is 3. The van der Waals surface area contributed by atoms with Gasteiger partial charge in [-0.1, -0.05) is 40.9 Å². The van der Waals surface area contributed by atoms with E-state index >= 15 is 0 Å². The Kier molecular flexibility index (Phi) is 5.85. The molecule has 1 aliphatic rings. The Hall–Kier alpha value is -2.65. The Balaban J connectivity index is 2.11. The summed E-state index contributed by atoms with van der Waals surface area (Å²) in [7, 11) is 0. The summed E-state index contributed by atoms with van der Waals surface area (Å²) in [4.78, 5) is 13.1. The van der Waals surface area contributed by atoms with E-state index in [0.29, 0.717) is 26.3 Å². The predicted molar refractivity (Wildman–Crippen MR) is 110 cm³/mol. The molecule has 0 saturated heterocycles. The van der Waals surface area contributed by atoms with Crippen molar-refractivity contribution in [2.45, 2.75) is 12.8 Å². The summed E-state index contributed by atoms with van der Waals surface area (Å²) < 4.78 is 5.46. The van der Waals surface area contributed by atoms with Gasteiger partial charge in [0.05, 0.1) is 11.5 Å². The number of amides is 1. The van der Waals surface area contributed by atoms with Gasteiger partial charge in [0.1, 0.15) is 17.4 Å². The number of nitriles is 1. The van der Waals surface area contributed by atoms with Crippen LogP contribution in [0.5, 0.6) is 0 Å². The number of benzene rings is 2. The lowest BCUT2D eigenvalue weighted by Crippen LogP contribution is -2.28.